The Kier molecular flexibility index (Phi) is 4.71. The number of hydrogen-bond donors (Lipinski definition) is 0. The van der Waals surface area contributed by atoms with Crippen LogP contribution in [0, 0.1) is 3.57 Å². The average molecular weight is 415 g/mol. The predicted molar refractivity (Wildman–Crippen MR) is 60.0 cm³/mol. The maximum Gasteiger partial charge on any atom is 0.573 e. The number of methoxy groups -OCH3 is 1. The fraction of sp³-hybridized carbons (Fsp3) is 0.333. The van der Waals surface area contributed by atoms with Crippen molar-refractivity contribution in [1.29, 1.82) is 0 Å². The van der Waals surface area contributed by atoms with Crippen LogP contribution in [-0.2, 0) is 10.9 Å². The van der Waals surface area contributed by atoms with Crippen molar-refractivity contribution in [3.8, 4) is 5.75 Å². The molecule has 0 saturated heterocycles. The van der Waals surface area contributed by atoms with E-state index in [1.165, 1.54) is 0 Å². The number of rotatable bonds is 2. The van der Waals surface area contributed by atoms with E-state index in [9.17, 15) is 31.1 Å². The smallest absolute Gasteiger partial charge is 0.465 e. The lowest BCUT2D eigenvalue weighted by Gasteiger charge is -2.17. The molecule has 0 aromatic carbocycles. The van der Waals surface area contributed by atoms with Gasteiger partial charge >= 0.3 is 18.5 Å². The number of hydrogen-bond acceptors (Lipinski definition) is 4. The molecule has 0 spiro atoms. The van der Waals surface area contributed by atoms with Gasteiger partial charge in [0.05, 0.1) is 16.2 Å². The van der Waals surface area contributed by atoms with Crippen LogP contribution in [0.1, 0.15) is 16.1 Å². The van der Waals surface area contributed by atoms with Crippen LogP contribution in [0.15, 0.2) is 6.20 Å². The molecule has 0 saturated carbocycles. The fourth-order valence-electron chi connectivity index (χ4n) is 1.13. The van der Waals surface area contributed by atoms with Gasteiger partial charge in [-0.2, -0.15) is 13.2 Å². The molecule has 0 amide bonds. The van der Waals surface area contributed by atoms with Gasteiger partial charge in [-0.15, -0.1) is 13.2 Å². The van der Waals surface area contributed by atoms with Crippen LogP contribution >= 0.6 is 22.6 Å². The third-order valence-corrected chi connectivity index (χ3v) is 2.94. The van der Waals surface area contributed by atoms with E-state index in [1.54, 1.807) is 0 Å². The van der Waals surface area contributed by atoms with E-state index in [-0.39, 0.29) is 0 Å². The van der Waals surface area contributed by atoms with E-state index in [4.69, 9.17) is 0 Å². The first-order valence-electron chi connectivity index (χ1n) is 4.57. The Morgan fingerprint density at radius 3 is 2.20 bits per heavy atom. The minimum absolute atomic E-state index is 0.472. The third-order valence-electron chi connectivity index (χ3n) is 1.87. The Balaban J connectivity index is 3.50. The van der Waals surface area contributed by atoms with Crippen LogP contribution in [0.25, 0.3) is 0 Å². The highest BCUT2D eigenvalue weighted by Crippen LogP contribution is 2.40. The molecule has 1 rings (SSSR count). The minimum Gasteiger partial charge on any atom is -0.465 e. The summed E-state index contributed by atoms with van der Waals surface area (Å²) in [5, 5.41) is 0. The normalized spacial score (nSPS) is 12.2. The van der Waals surface area contributed by atoms with Gasteiger partial charge < -0.3 is 9.47 Å². The summed E-state index contributed by atoms with van der Waals surface area (Å²) >= 11 is 1.12. The standard InChI is InChI=1S/C9H4F6INO3/c1-19-7(18)3-2-17-6(8(10,11)12)5(4(3)16)20-9(13,14)15/h2H,1H3. The lowest BCUT2D eigenvalue weighted by atomic mass is 10.2. The zero-order valence-corrected chi connectivity index (χ0v) is 11.6. The summed E-state index contributed by atoms with van der Waals surface area (Å²) in [6.45, 7) is 0. The van der Waals surface area contributed by atoms with Crippen molar-refractivity contribution < 1.29 is 40.6 Å². The molecule has 0 atom stereocenters. The van der Waals surface area contributed by atoms with Crippen molar-refractivity contribution in [3.05, 3.63) is 21.0 Å². The molecule has 0 N–H and O–H groups in total. The van der Waals surface area contributed by atoms with E-state index in [0.717, 1.165) is 29.7 Å². The number of carbonyl (C=O) groups excluding carboxylic acids is 1. The van der Waals surface area contributed by atoms with Crippen LogP contribution in [-0.4, -0.2) is 24.4 Å². The average Bonchev–Trinajstić information content (AvgIpc) is 2.27. The fourth-order valence-corrected chi connectivity index (χ4v) is 1.86. The van der Waals surface area contributed by atoms with Gasteiger partial charge in [0.15, 0.2) is 11.4 Å². The van der Waals surface area contributed by atoms with Crippen LogP contribution in [0.5, 0.6) is 5.75 Å². The highest BCUT2D eigenvalue weighted by atomic mass is 127. The zero-order chi connectivity index (χ0) is 15.7. The Morgan fingerprint density at radius 1 is 1.25 bits per heavy atom. The van der Waals surface area contributed by atoms with Gasteiger partial charge in [-0.05, 0) is 22.6 Å². The topological polar surface area (TPSA) is 48.4 Å². The molecule has 11 heteroatoms. The highest BCUT2D eigenvalue weighted by Gasteiger charge is 2.43. The van der Waals surface area contributed by atoms with Gasteiger partial charge in [-0.3, -0.25) is 0 Å². The number of pyridine rings is 1. The molecule has 0 bridgehead atoms. The Hall–Kier alpha value is -1.27. The second kappa shape index (κ2) is 5.61. The minimum atomic E-state index is -5.36. The number of halogens is 7. The van der Waals surface area contributed by atoms with Gasteiger partial charge in [0.1, 0.15) is 0 Å². The summed E-state index contributed by atoms with van der Waals surface area (Å²) in [5.74, 6) is -2.73. The second-order valence-electron chi connectivity index (χ2n) is 3.20. The highest BCUT2D eigenvalue weighted by molar-refractivity contribution is 14.1. The molecular weight excluding hydrogens is 411 g/mol. The van der Waals surface area contributed by atoms with Gasteiger partial charge in [0, 0.05) is 6.20 Å². The first-order chi connectivity index (χ1) is 8.97. The number of esters is 1. The molecule has 1 heterocycles. The van der Waals surface area contributed by atoms with Crippen LogP contribution in [0.3, 0.4) is 0 Å². The number of alkyl halides is 6. The maximum absolute atomic E-state index is 12.6. The molecule has 1 aromatic rings. The Labute approximate surface area is 121 Å². The molecule has 0 aliphatic rings. The van der Waals surface area contributed by atoms with Crippen LogP contribution in [0.2, 0.25) is 0 Å². The van der Waals surface area contributed by atoms with Gasteiger partial charge in [0.2, 0.25) is 0 Å². The summed E-state index contributed by atoms with van der Waals surface area (Å²) in [4.78, 5) is 14.0. The maximum atomic E-state index is 12.6. The summed E-state index contributed by atoms with van der Waals surface area (Å²) in [5.41, 5.74) is -2.45. The van der Waals surface area contributed by atoms with Crippen molar-refractivity contribution in [3.63, 3.8) is 0 Å². The third kappa shape index (κ3) is 3.86. The van der Waals surface area contributed by atoms with Gasteiger partial charge in [0.25, 0.3) is 0 Å². The Morgan fingerprint density at radius 2 is 1.80 bits per heavy atom. The molecular formula is C9H4F6INO3. The van der Waals surface area contributed by atoms with Gasteiger partial charge in [-0.25, -0.2) is 9.78 Å². The molecule has 0 radical (unpaired) electrons. The van der Waals surface area contributed by atoms with E-state index in [0.29, 0.717) is 6.20 Å². The van der Waals surface area contributed by atoms with E-state index in [1.807, 2.05) is 0 Å². The first kappa shape index (κ1) is 16.8. The molecule has 0 unspecified atom stereocenters. The lowest BCUT2D eigenvalue weighted by Crippen LogP contribution is -2.23. The largest absolute Gasteiger partial charge is 0.573 e. The number of nitrogens with zero attached hydrogens (tertiary/aromatic N) is 1. The lowest BCUT2D eigenvalue weighted by molar-refractivity contribution is -0.276. The summed E-state index contributed by atoms with van der Waals surface area (Å²) in [7, 11) is 0.917. The molecule has 1 aromatic heterocycles. The van der Waals surface area contributed by atoms with Crippen LogP contribution < -0.4 is 4.74 Å². The second-order valence-corrected chi connectivity index (χ2v) is 4.28. The van der Waals surface area contributed by atoms with Crippen molar-refractivity contribution in [2.45, 2.75) is 12.5 Å². The number of ether oxygens (including phenoxy) is 2. The van der Waals surface area contributed by atoms with Crippen molar-refractivity contribution in [1.82, 2.24) is 4.98 Å². The SMILES string of the molecule is COC(=O)c1cnc(C(F)(F)F)c(OC(F)(F)F)c1I. The van der Waals surface area contributed by atoms with Crippen molar-refractivity contribution >= 4 is 28.6 Å². The van der Waals surface area contributed by atoms with E-state index < -0.39 is 39.1 Å². The zero-order valence-electron chi connectivity index (χ0n) is 9.40. The molecule has 0 aliphatic heterocycles. The number of carbonyl (C=O) groups is 1. The first-order valence-corrected chi connectivity index (χ1v) is 5.65. The summed E-state index contributed by atoms with van der Waals surface area (Å²) in [6, 6.07) is 0. The summed E-state index contributed by atoms with van der Waals surface area (Å²) in [6.07, 6.45) is -10.1. The molecule has 20 heavy (non-hydrogen) atoms. The molecule has 112 valence electrons. The summed E-state index contributed by atoms with van der Waals surface area (Å²) < 4.78 is 81.1. The van der Waals surface area contributed by atoms with Crippen LogP contribution in [0.4, 0.5) is 26.3 Å². The van der Waals surface area contributed by atoms with Crippen molar-refractivity contribution in [2.75, 3.05) is 7.11 Å². The number of aromatic nitrogens is 1. The molecule has 0 aliphatic carbocycles. The van der Waals surface area contributed by atoms with E-state index in [2.05, 4.69) is 14.5 Å². The Bertz CT molecular complexity index is 528. The van der Waals surface area contributed by atoms with Crippen molar-refractivity contribution in [2.24, 2.45) is 0 Å². The van der Waals surface area contributed by atoms with E-state index >= 15 is 0 Å². The quantitative estimate of drug-likeness (QED) is 0.423. The monoisotopic (exact) mass is 415 g/mol. The molecule has 4 nitrogen and oxygen atoms in total. The van der Waals surface area contributed by atoms with Gasteiger partial charge in [-0.1, -0.05) is 0 Å². The predicted octanol–water partition coefficient (Wildman–Crippen LogP) is 3.39. The molecule has 0 fully saturated rings.